The van der Waals surface area contributed by atoms with Crippen molar-refractivity contribution in [3.05, 3.63) is 18.2 Å². The number of nitrogens with zero attached hydrogens (tertiary/aromatic N) is 2. The first-order chi connectivity index (χ1) is 8.69. The van der Waals surface area contributed by atoms with Gasteiger partial charge in [-0.1, -0.05) is 26.2 Å². The number of unbranched alkanes of at least 4 members (excludes halogenated alkanes) is 3. The zero-order valence-electron chi connectivity index (χ0n) is 11.5. The zero-order chi connectivity index (χ0) is 13.4. The summed E-state index contributed by atoms with van der Waals surface area (Å²) < 4.78 is 4.24. The summed E-state index contributed by atoms with van der Waals surface area (Å²) in [5, 5.41) is 10.5. The van der Waals surface area contributed by atoms with E-state index in [1.54, 1.807) is 0 Å². The number of carbonyl (C=O) groups is 1. The van der Waals surface area contributed by atoms with Crippen LogP contribution in [0.25, 0.3) is 0 Å². The molecule has 0 aromatic carbocycles. The molecule has 0 saturated heterocycles. The first kappa shape index (κ1) is 14.7. The number of hydrogen-bond donors (Lipinski definition) is 0. The van der Waals surface area contributed by atoms with E-state index in [4.69, 9.17) is 0 Å². The third kappa shape index (κ3) is 4.51. The van der Waals surface area contributed by atoms with Gasteiger partial charge < -0.3 is 9.90 Å². The van der Waals surface area contributed by atoms with Crippen molar-refractivity contribution in [2.24, 2.45) is 0 Å². The fourth-order valence-corrected chi connectivity index (χ4v) is 2.20. The fraction of sp³-hybridized carbons (Fsp3) is 0.714. The maximum atomic E-state index is 10.5. The van der Waals surface area contributed by atoms with E-state index in [-0.39, 0.29) is 6.42 Å². The third-order valence-electron chi connectivity index (χ3n) is 3.24. The molecule has 1 aromatic rings. The molecule has 1 heterocycles. The Morgan fingerprint density at radius 1 is 1.33 bits per heavy atom. The molecule has 102 valence electrons. The molecule has 0 saturated carbocycles. The number of aliphatic carboxylic acids is 1. The van der Waals surface area contributed by atoms with E-state index in [2.05, 4.69) is 18.4 Å². The predicted molar refractivity (Wildman–Crippen MR) is 67.8 cm³/mol. The van der Waals surface area contributed by atoms with Gasteiger partial charge in [-0.3, -0.25) is 0 Å². The average molecular weight is 252 g/mol. The lowest BCUT2D eigenvalue weighted by Gasteiger charge is -2.05. The predicted octanol–water partition coefficient (Wildman–Crippen LogP) is 1.06. The molecular weight excluding hydrogens is 228 g/mol. The number of carboxylic acids is 1. The molecule has 0 spiro atoms. The van der Waals surface area contributed by atoms with E-state index < -0.39 is 5.97 Å². The van der Waals surface area contributed by atoms with Gasteiger partial charge in [0.25, 0.3) is 5.82 Å². The van der Waals surface area contributed by atoms with Gasteiger partial charge in [0.05, 0.1) is 13.1 Å². The van der Waals surface area contributed by atoms with Crippen LogP contribution < -0.4 is 9.67 Å². The molecule has 0 aliphatic carbocycles. The number of rotatable bonds is 9. The van der Waals surface area contributed by atoms with Crippen LogP contribution in [0.4, 0.5) is 0 Å². The van der Waals surface area contributed by atoms with Crippen LogP contribution in [0.1, 0.15) is 51.8 Å². The second kappa shape index (κ2) is 7.90. The summed E-state index contributed by atoms with van der Waals surface area (Å²) in [6, 6.07) is 0. The van der Waals surface area contributed by atoms with Crippen LogP contribution in [0.15, 0.2) is 12.4 Å². The van der Waals surface area contributed by atoms with Gasteiger partial charge in [0, 0.05) is 18.8 Å². The number of carbonyl (C=O) groups excluding carboxylic acids is 1. The first-order valence-electron chi connectivity index (χ1n) is 6.96. The van der Waals surface area contributed by atoms with Gasteiger partial charge in [-0.05, 0) is 13.3 Å². The number of aryl methyl sites for hydroxylation is 2. The molecule has 0 radical (unpaired) electrons. The molecule has 0 bridgehead atoms. The highest BCUT2D eigenvalue weighted by Gasteiger charge is 2.15. The van der Waals surface area contributed by atoms with Crippen molar-refractivity contribution in [1.82, 2.24) is 4.57 Å². The van der Waals surface area contributed by atoms with Gasteiger partial charge >= 0.3 is 0 Å². The minimum absolute atomic E-state index is 0.0837. The third-order valence-corrected chi connectivity index (χ3v) is 3.24. The molecule has 0 atom stereocenters. The van der Waals surface area contributed by atoms with E-state index in [1.807, 2.05) is 17.0 Å². The number of imidazole rings is 1. The lowest BCUT2D eigenvalue weighted by atomic mass is 10.1. The summed E-state index contributed by atoms with van der Waals surface area (Å²) >= 11 is 0. The van der Waals surface area contributed by atoms with Crippen LogP contribution in [0.3, 0.4) is 0 Å². The summed E-state index contributed by atoms with van der Waals surface area (Å²) in [6.45, 7) is 5.76. The second-order valence-corrected chi connectivity index (χ2v) is 4.63. The second-order valence-electron chi connectivity index (χ2n) is 4.63. The van der Waals surface area contributed by atoms with Crippen molar-refractivity contribution in [3.63, 3.8) is 0 Å². The van der Waals surface area contributed by atoms with E-state index in [0.717, 1.165) is 13.0 Å². The van der Waals surface area contributed by atoms with Crippen molar-refractivity contribution < 1.29 is 14.5 Å². The average Bonchev–Trinajstić information content (AvgIpc) is 2.74. The van der Waals surface area contributed by atoms with Crippen molar-refractivity contribution in [3.8, 4) is 0 Å². The lowest BCUT2D eigenvalue weighted by Crippen LogP contribution is -2.40. The number of hydrogen-bond acceptors (Lipinski definition) is 2. The Bertz CT molecular complexity index is 372. The summed E-state index contributed by atoms with van der Waals surface area (Å²) in [6.07, 6.45) is 10.0. The molecule has 0 fully saturated rings. The van der Waals surface area contributed by atoms with E-state index in [9.17, 15) is 9.90 Å². The van der Waals surface area contributed by atoms with Gasteiger partial charge in [-0.2, -0.15) is 0 Å². The monoisotopic (exact) mass is 252 g/mol. The fourth-order valence-electron chi connectivity index (χ4n) is 2.20. The Balaban J connectivity index is 2.60. The maximum Gasteiger partial charge on any atom is 0.256 e. The van der Waals surface area contributed by atoms with Gasteiger partial charge in [0.2, 0.25) is 0 Å². The topological polar surface area (TPSA) is 48.9 Å². The van der Waals surface area contributed by atoms with Crippen molar-refractivity contribution in [2.75, 3.05) is 0 Å². The Morgan fingerprint density at radius 2 is 2.11 bits per heavy atom. The molecule has 0 unspecified atom stereocenters. The van der Waals surface area contributed by atoms with Crippen LogP contribution >= 0.6 is 0 Å². The quantitative estimate of drug-likeness (QED) is 0.487. The molecule has 1 aromatic heterocycles. The highest BCUT2D eigenvalue weighted by atomic mass is 16.4. The summed E-state index contributed by atoms with van der Waals surface area (Å²) in [4.78, 5) is 10.5. The Kier molecular flexibility index (Phi) is 6.47. The molecule has 0 amide bonds. The van der Waals surface area contributed by atoms with Crippen LogP contribution in [0.5, 0.6) is 0 Å². The summed E-state index contributed by atoms with van der Waals surface area (Å²) in [7, 11) is 0. The number of carboxylic acid groups (broad SMARTS) is 1. The van der Waals surface area contributed by atoms with Crippen molar-refractivity contribution in [1.29, 1.82) is 0 Å². The first-order valence-corrected chi connectivity index (χ1v) is 6.96. The lowest BCUT2D eigenvalue weighted by molar-refractivity contribution is -0.703. The Morgan fingerprint density at radius 3 is 2.72 bits per heavy atom. The van der Waals surface area contributed by atoms with Crippen LogP contribution in [0.2, 0.25) is 0 Å². The van der Waals surface area contributed by atoms with Crippen molar-refractivity contribution in [2.45, 2.75) is 65.5 Å². The van der Waals surface area contributed by atoms with E-state index in [0.29, 0.717) is 6.54 Å². The smallest absolute Gasteiger partial charge is 0.256 e. The van der Waals surface area contributed by atoms with Gasteiger partial charge in [-0.15, -0.1) is 0 Å². The van der Waals surface area contributed by atoms with Crippen LogP contribution in [-0.2, 0) is 24.3 Å². The molecule has 0 aliphatic heterocycles. The van der Waals surface area contributed by atoms with Crippen molar-refractivity contribution >= 4 is 5.97 Å². The molecule has 1 rings (SSSR count). The highest BCUT2D eigenvalue weighted by Crippen LogP contribution is 2.06. The van der Waals surface area contributed by atoms with Gasteiger partial charge in [0.1, 0.15) is 12.4 Å². The standard InChI is InChI=1S/C14H24N2O2/c1-3-5-6-7-8-13-15(4-2)11-12-16(13)10-9-14(17)18/h11-12H,3-10H2,1-2H3. The highest BCUT2D eigenvalue weighted by molar-refractivity contribution is 5.63. The number of aromatic nitrogens is 2. The van der Waals surface area contributed by atoms with Gasteiger partial charge in [0.15, 0.2) is 0 Å². The van der Waals surface area contributed by atoms with E-state index in [1.165, 1.54) is 31.5 Å². The summed E-state index contributed by atoms with van der Waals surface area (Å²) in [5.74, 6) is 0.249. The molecule has 0 aliphatic rings. The molecular formula is C14H24N2O2. The summed E-state index contributed by atoms with van der Waals surface area (Å²) in [5.41, 5.74) is 0. The Labute approximate surface area is 109 Å². The normalized spacial score (nSPS) is 10.8. The maximum absolute atomic E-state index is 10.5. The largest absolute Gasteiger partial charge is 0.550 e. The molecule has 4 heteroatoms. The van der Waals surface area contributed by atoms with E-state index >= 15 is 0 Å². The van der Waals surface area contributed by atoms with Gasteiger partial charge in [-0.25, -0.2) is 9.13 Å². The Hall–Kier alpha value is -1.32. The molecule has 0 N–H and O–H groups in total. The van der Waals surface area contributed by atoms with Crippen LogP contribution in [0, 0.1) is 0 Å². The molecule has 18 heavy (non-hydrogen) atoms. The minimum atomic E-state index is -0.983. The SMILES string of the molecule is CCCCCCc1n(CC)cc[n+]1CCC(=O)[O-]. The minimum Gasteiger partial charge on any atom is -0.550 e. The zero-order valence-corrected chi connectivity index (χ0v) is 11.5. The van der Waals surface area contributed by atoms with Crippen LogP contribution in [-0.4, -0.2) is 10.5 Å². The molecule has 4 nitrogen and oxygen atoms in total.